The van der Waals surface area contributed by atoms with Crippen LogP contribution in [0.2, 0.25) is 10.0 Å². The van der Waals surface area contributed by atoms with Crippen molar-refractivity contribution < 1.29 is 19.1 Å². The lowest BCUT2D eigenvalue weighted by Gasteiger charge is -2.13. The van der Waals surface area contributed by atoms with Gasteiger partial charge in [0.25, 0.3) is 11.8 Å². The Kier molecular flexibility index (Phi) is 7.12. The number of carbonyl (C=O) groups excluding carboxylic acids is 2. The average Bonchev–Trinajstić information content (AvgIpc) is 2.61. The third-order valence-corrected chi connectivity index (χ3v) is 4.00. The van der Waals surface area contributed by atoms with Crippen LogP contribution in [0.3, 0.4) is 0 Å². The molecule has 3 N–H and O–H groups in total. The van der Waals surface area contributed by atoms with Crippen molar-refractivity contribution in [1.29, 1.82) is 0 Å². The first-order valence-electron chi connectivity index (χ1n) is 7.72. The molecule has 0 saturated heterocycles. The van der Waals surface area contributed by atoms with Gasteiger partial charge in [0.1, 0.15) is 0 Å². The molecule has 0 aliphatic carbocycles. The van der Waals surface area contributed by atoms with Crippen molar-refractivity contribution in [2.24, 2.45) is 5.73 Å². The van der Waals surface area contributed by atoms with E-state index in [4.69, 9.17) is 38.4 Å². The Morgan fingerprint density at radius 3 is 2.46 bits per heavy atom. The van der Waals surface area contributed by atoms with Crippen molar-refractivity contribution in [3.63, 3.8) is 0 Å². The Balaban J connectivity index is 2.02. The first-order chi connectivity index (χ1) is 12.4. The average molecular weight is 397 g/mol. The molecule has 8 heteroatoms. The highest BCUT2D eigenvalue weighted by molar-refractivity contribution is 6.32. The number of nitrogens with two attached hydrogens (primary N) is 1. The number of methoxy groups -OCH3 is 1. The Labute approximate surface area is 161 Å². The van der Waals surface area contributed by atoms with E-state index in [1.165, 1.54) is 19.2 Å². The van der Waals surface area contributed by atoms with Crippen LogP contribution in [0.5, 0.6) is 11.5 Å². The third-order valence-electron chi connectivity index (χ3n) is 3.46. The summed E-state index contributed by atoms with van der Waals surface area (Å²) in [5.41, 5.74) is 6.42. The molecule has 2 aromatic carbocycles. The molecule has 6 nitrogen and oxygen atoms in total. The lowest BCUT2D eigenvalue weighted by Crippen LogP contribution is -2.26. The van der Waals surface area contributed by atoms with E-state index in [-0.39, 0.29) is 29.0 Å². The fourth-order valence-corrected chi connectivity index (χ4v) is 2.60. The second-order valence-electron chi connectivity index (χ2n) is 5.38. The number of hydrogen-bond donors (Lipinski definition) is 2. The predicted molar refractivity (Wildman–Crippen MR) is 100 cm³/mol. The molecule has 0 unspecified atom stereocenters. The maximum Gasteiger partial charge on any atom is 0.255 e. The molecular formula is C18H18Cl2N2O4. The molecular weight excluding hydrogens is 379 g/mol. The largest absolute Gasteiger partial charge is 0.493 e. The van der Waals surface area contributed by atoms with E-state index in [9.17, 15) is 9.59 Å². The van der Waals surface area contributed by atoms with Gasteiger partial charge in [0.2, 0.25) is 0 Å². The van der Waals surface area contributed by atoms with Gasteiger partial charge >= 0.3 is 0 Å². The van der Waals surface area contributed by atoms with Crippen LogP contribution in [0.25, 0.3) is 0 Å². The molecule has 0 aromatic heterocycles. The molecule has 0 saturated carbocycles. The van der Waals surface area contributed by atoms with Crippen molar-refractivity contribution in [1.82, 2.24) is 5.32 Å². The second kappa shape index (κ2) is 9.31. The predicted octanol–water partition coefficient (Wildman–Crippen LogP) is 2.84. The zero-order chi connectivity index (χ0) is 19.1. The van der Waals surface area contributed by atoms with Crippen LogP contribution in [0.4, 0.5) is 0 Å². The van der Waals surface area contributed by atoms with E-state index >= 15 is 0 Å². The third kappa shape index (κ3) is 5.54. The molecule has 0 aliphatic heterocycles. The van der Waals surface area contributed by atoms with E-state index in [0.717, 1.165) is 5.56 Å². The van der Waals surface area contributed by atoms with E-state index in [2.05, 4.69) is 5.32 Å². The molecule has 0 aliphatic rings. The summed E-state index contributed by atoms with van der Waals surface area (Å²) in [6, 6.07) is 10.3. The Bertz CT molecular complexity index is 795. The summed E-state index contributed by atoms with van der Waals surface area (Å²) in [5, 5.41) is 3.62. The number of benzene rings is 2. The minimum Gasteiger partial charge on any atom is -0.493 e. The van der Waals surface area contributed by atoms with Crippen LogP contribution in [-0.4, -0.2) is 32.1 Å². The van der Waals surface area contributed by atoms with Gasteiger partial charge in [-0.05, 0) is 36.2 Å². The maximum atomic E-state index is 12.3. The summed E-state index contributed by atoms with van der Waals surface area (Å²) in [7, 11) is 1.41. The molecule has 138 valence electrons. The van der Waals surface area contributed by atoms with E-state index in [1.807, 2.05) is 12.1 Å². The number of primary amides is 1. The first kappa shape index (κ1) is 19.9. The zero-order valence-corrected chi connectivity index (χ0v) is 15.6. The highest BCUT2D eigenvalue weighted by atomic mass is 35.5. The number of nitrogens with one attached hydrogen (secondary N) is 1. The van der Waals surface area contributed by atoms with Gasteiger partial charge in [0.05, 0.1) is 12.1 Å². The molecule has 26 heavy (non-hydrogen) atoms. The molecule has 0 fully saturated rings. The lowest BCUT2D eigenvalue weighted by molar-refractivity contribution is -0.119. The number of ether oxygens (including phenoxy) is 2. The minimum atomic E-state index is -0.646. The molecule has 0 atom stereocenters. The van der Waals surface area contributed by atoms with Gasteiger partial charge in [-0.2, -0.15) is 0 Å². The van der Waals surface area contributed by atoms with Crippen LogP contribution >= 0.6 is 23.2 Å². The number of hydrogen-bond acceptors (Lipinski definition) is 4. The van der Waals surface area contributed by atoms with Crippen molar-refractivity contribution in [2.45, 2.75) is 6.42 Å². The fourth-order valence-electron chi connectivity index (χ4n) is 2.21. The molecule has 0 bridgehead atoms. The summed E-state index contributed by atoms with van der Waals surface area (Å²) in [6.07, 6.45) is 0.660. The van der Waals surface area contributed by atoms with Gasteiger partial charge in [-0.1, -0.05) is 35.3 Å². The summed E-state index contributed by atoms with van der Waals surface area (Å²) < 4.78 is 10.4. The maximum absolute atomic E-state index is 12.3. The van der Waals surface area contributed by atoms with Crippen LogP contribution < -0.4 is 20.5 Å². The molecule has 0 heterocycles. The SMILES string of the molecule is COc1cc(C(=O)NCCc2ccc(Cl)cc2)cc(Cl)c1OCC(N)=O. The Morgan fingerprint density at radius 1 is 1.15 bits per heavy atom. The summed E-state index contributed by atoms with van der Waals surface area (Å²) in [6.45, 7) is 0.100. The topological polar surface area (TPSA) is 90.7 Å². The van der Waals surface area contributed by atoms with Crippen molar-refractivity contribution >= 4 is 35.0 Å². The molecule has 2 rings (SSSR count). The highest BCUT2D eigenvalue weighted by Crippen LogP contribution is 2.36. The van der Waals surface area contributed by atoms with E-state index in [1.54, 1.807) is 12.1 Å². The van der Waals surface area contributed by atoms with Gasteiger partial charge in [0, 0.05) is 17.1 Å². The minimum absolute atomic E-state index is 0.147. The number of amides is 2. The normalized spacial score (nSPS) is 10.3. The van der Waals surface area contributed by atoms with E-state index < -0.39 is 5.91 Å². The van der Waals surface area contributed by atoms with E-state index in [0.29, 0.717) is 23.6 Å². The number of halogens is 2. The number of carbonyl (C=O) groups is 2. The van der Waals surface area contributed by atoms with Crippen LogP contribution in [0.1, 0.15) is 15.9 Å². The van der Waals surface area contributed by atoms with Crippen LogP contribution in [0, 0.1) is 0 Å². The summed E-state index contributed by atoms with van der Waals surface area (Å²) >= 11 is 12.0. The molecule has 0 radical (unpaired) electrons. The first-order valence-corrected chi connectivity index (χ1v) is 8.47. The quantitative estimate of drug-likeness (QED) is 0.717. The Morgan fingerprint density at radius 2 is 1.85 bits per heavy atom. The monoisotopic (exact) mass is 396 g/mol. The van der Waals surface area contributed by atoms with Gasteiger partial charge in [-0.3, -0.25) is 9.59 Å². The van der Waals surface area contributed by atoms with Crippen LogP contribution in [0.15, 0.2) is 36.4 Å². The van der Waals surface area contributed by atoms with Gasteiger partial charge < -0.3 is 20.5 Å². The van der Waals surface area contributed by atoms with Crippen LogP contribution in [-0.2, 0) is 11.2 Å². The van der Waals surface area contributed by atoms with Gasteiger partial charge in [0.15, 0.2) is 18.1 Å². The second-order valence-corrected chi connectivity index (χ2v) is 6.22. The zero-order valence-electron chi connectivity index (χ0n) is 14.1. The summed E-state index contributed by atoms with van der Waals surface area (Å²) in [5.74, 6) is -0.556. The van der Waals surface area contributed by atoms with Crippen molar-refractivity contribution in [3.05, 3.63) is 57.6 Å². The molecule has 2 aromatic rings. The highest BCUT2D eigenvalue weighted by Gasteiger charge is 2.16. The van der Waals surface area contributed by atoms with Crippen molar-refractivity contribution in [2.75, 3.05) is 20.3 Å². The fraction of sp³-hybridized carbons (Fsp3) is 0.222. The smallest absolute Gasteiger partial charge is 0.255 e. The Hall–Kier alpha value is -2.44. The van der Waals surface area contributed by atoms with Gasteiger partial charge in [-0.25, -0.2) is 0 Å². The summed E-state index contributed by atoms with van der Waals surface area (Å²) in [4.78, 5) is 23.2. The van der Waals surface area contributed by atoms with Gasteiger partial charge in [-0.15, -0.1) is 0 Å². The standard InChI is InChI=1S/C18H18Cl2N2O4/c1-25-15-9-12(8-14(20)17(15)26-10-16(21)23)18(24)22-7-6-11-2-4-13(19)5-3-11/h2-5,8-9H,6-7,10H2,1H3,(H2,21,23)(H,22,24). The number of rotatable bonds is 8. The molecule has 2 amide bonds. The van der Waals surface area contributed by atoms with Crippen molar-refractivity contribution in [3.8, 4) is 11.5 Å². The lowest BCUT2D eigenvalue weighted by atomic mass is 10.1. The molecule has 0 spiro atoms.